The van der Waals surface area contributed by atoms with Crippen molar-refractivity contribution in [3.05, 3.63) is 0 Å². The van der Waals surface area contributed by atoms with Crippen molar-refractivity contribution < 1.29 is 13.2 Å². The molecule has 1 saturated heterocycles. The lowest BCUT2D eigenvalue weighted by atomic mass is 10.2. The van der Waals surface area contributed by atoms with Crippen molar-refractivity contribution in [2.24, 2.45) is 0 Å². The number of rotatable bonds is 4. The van der Waals surface area contributed by atoms with E-state index in [-0.39, 0.29) is 17.3 Å². The first-order valence-corrected chi connectivity index (χ1v) is 7.47. The van der Waals surface area contributed by atoms with Crippen molar-refractivity contribution in [3.8, 4) is 0 Å². The van der Waals surface area contributed by atoms with Gasteiger partial charge in [-0.2, -0.15) is 4.31 Å². The molecule has 0 aromatic rings. The molecule has 1 fully saturated rings. The number of hydrogen-bond acceptors (Lipinski definition) is 3. The summed E-state index contributed by atoms with van der Waals surface area (Å²) in [6.45, 7) is 8.84. The van der Waals surface area contributed by atoms with Gasteiger partial charge in [0.05, 0.1) is 5.25 Å². The standard InChI is InChI=1S/C11H23NO3S/c1-9(2)12(10(3)4)16(13,14)11-5-7-15-8-6-11/h9-11H,5-8H2,1-4H3. The molecule has 0 N–H and O–H groups in total. The van der Waals surface area contributed by atoms with E-state index in [1.807, 2.05) is 27.7 Å². The lowest BCUT2D eigenvalue weighted by Crippen LogP contribution is -2.48. The van der Waals surface area contributed by atoms with E-state index in [1.54, 1.807) is 4.31 Å². The number of ether oxygens (including phenoxy) is 1. The summed E-state index contributed by atoms with van der Waals surface area (Å²) in [6.07, 6.45) is 1.25. The third kappa shape index (κ3) is 2.96. The van der Waals surface area contributed by atoms with Gasteiger partial charge >= 0.3 is 0 Å². The second kappa shape index (κ2) is 5.47. The van der Waals surface area contributed by atoms with Crippen LogP contribution >= 0.6 is 0 Å². The first-order valence-electron chi connectivity index (χ1n) is 5.97. The van der Waals surface area contributed by atoms with Gasteiger partial charge in [-0.15, -0.1) is 0 Å². The fraction of sp³-hybridized carbons (Fsp3) is 1.00. The van der Waals surface area contributed by atoms with Gasteiger partial charge in [-0.05, 0) is 40.5 Å². The molecule has 96 valence electrons. The van der Waals surface area contributed by atoms with Crippen molar-refractivity contribution in [2.45, 2.75) is 57.9 Å². The van der Waals surface area contributed by atoms with Crippen LogP contribution in [0.15, 0.2) is 0 Å². The molecule has 0 radical (unpaired) electrons. The maximum absolute atomic E-state index is 12.4. The summed E-state index contributed by atoms with van der Waals surface area (Å²) in [5, 5.41) is -0.258. The van der Waals surface area contributed by atoms with Crippen LogP contribution in [0.25, 0.3) is 0 Å². The van der Waals surface area contributed by atoms with E-state index in [1.165, 1.54) is 0 Å². The zero-order valence-electron chi connectivity index (χ0n) is 10.6. The summed E-state index contributed by atoms with van der Waals surface area (Å²) < 4.78 is 31.7. The molecular formula is C11H23NO3S. The van der Waals surface area contributed by atoms with E-state index in [4.69, 9.17) is 4.74 Å². The van der Waals surface area contributed by atoms with Crippen LogP contribution in [-0.2, 0) is 14.8 Å². The molecule has 0 aliphatic carbocycles. The van der Waals surface area contributed by atoms with E-state index < -0.39 is 10.0 Å². The van der Waals surface area contributed by atoms with Gasteiger partial charge in [0.2, 0.25) is 10.0 Å². The molecule has 1 aliphatic rings. The Hall–Kier alpha value is -0.130. The Bertz CT molecular complexity index is 297. The number of hydrogen-bond donors (Lipinski definition) is 0. The molecule has 0 spiro atoms. The normalized spacial score (nSPS) is 19.9. The highest BCUT2D eigenvalue weighted by Gasteiger charge is 2.36. The van der Waals surface area contributed by atoms with Crippen LogP contribution in [0.4, 0.5) is 0 Å². The molecule has 0 aromatic carbocycles. The Morgan fingerprint density at radius 1 is 1.06 bits per heavy atom. The predicted molar refractivity (Wildman–Crippen MR) is 64.9 cm³/mol. The largest absolute Gasteiger partial charge is 0.381 e. The minimum absolute atomic E-state index is 0.0212. The van der Waals surface area contributed by atoms with Gasteiger partial charge in [-0.3, -0.25) is 0 Å². The lowest BCUT2D eigenvalue weighted by molar-refractivity contribution is 0.0965. The zero-order valence-corrected chi connectivity index (χ0v) is 11.5. The number of nitrogens with zero attached hydrogens (tertiary/aromatic N) is 1. The minimum atomic E-state index is -3.17. The molecule has 0 bridgehead atoms. The van der Waals surface area contributed by atoms with E-state index in [0.717, 1.165) is 0 Å². The topological polar surface area (TPSA) is 46.6 Å². The maximum atomic E-state index is 12.4. The van der Waals surface area contributed by atoms with Gasteiger partial charge in [0, 0.05) is 25.3 Å². The molecule has 5 heteroatoms. The van der Waals surface area contributed by atoms with Crippen LogP contribution in [0, 0.1) is 0 Å². The van der Waals surface area contributed by atoms with E-state index >= 15 is 0 Å². The van der Waals surface area contributed by atoms with E-state index in [2.05, 4.69) is 0 Å². The third-order valence-electron chi connectivity index (χ3n) is 2.90. The summed E-state index contributed by atoms with van der Waals surface area (Å²) in [5.41, 5.74) is 0. The molecule has 1 aliphatic heterocycles. The van der Waals surface area contributed by atoms with Gasteiger partial charge in [-0.1, -0.05) is 0 Å². The SMILES string of the molecule is CC(C)N(C(C)C)S(=O)(=O)C1CCOCC1. The van der Waals surface area contributed by atoms with Crippen molar-refractivity contribution in [1.29, 1.82) is 0 Å². The van der Waals surface area contributed by atoms with Crippen LogP contribution in [0.1, 0.15) is 40.5 Å². The van der Waals surface area contributed by atoms with Crippen LogP contribution in [0.5, 0.6) is 0 Å². The fourth-order valence-electron chi connectivity index (χ4n) is 2.33. The molecular weight excluding hydrogens is 226 g/mol. The molecule has 0 atom stereocenters. The first kappa shape index (κ1) is 13.9. The second-order valence-corrected chi connectivity index (χ2v) is 6.99. The zero-order chi connectivity index (χ0) is 12.3. The summed E-state index contributed by atoms with van der Waals surface area (Å²) >= 11 is 0. The molecule has 0 amide bonds. The Labute approximate surface area is 99.0 Å². The van der Waals surface area contributed by atoms with Crippen molar-refractivity contribution in [1.82, 2.24) is 4.31 Å². The smallest absolute Gasteiger partial charge is 0.217 e. The average molecular weight is 249 g/mol. The summed E-state index contributed by atoms with van der Waals surface area (Å²) in [7, 11) is -3.17. The van der Waals surface area contributed by atoms with E-state index in [0.29, 0.717) is 26.1 Å². The van der Waals surface area contributed by atoms with Gasteiger partial charge in [0.1, 0.15) is 0 Å². The van der Waals surface area contributed by atoms with Crippen molar-refractivity contribution >= 4 is 10.0 Å². The molecule has 16 heavy (non-hydrogen) atoms. The first-order chi connectivity index (χ1) is 7.37. The van der Waals surface area contributed by atoms with E-state index in [9.17, 15) is 8.42 Å². The number of sulfonamides is 1. The molecule has 4 nitrogen and oxygen atoms in total. The van der Waals surface area contributed by atoms with Gasteiger partial charge in [0.25, 0.3) is 0 Å². The minimum Gasteiger partial charge on any atom is -0.381 e. The second-order valence-electron chi connectivity index (χ2n) is 4.87. The molecule has 0 saturated carbocycles. The maximum Gasteiger partial charge on any atom is 0.217 e. The Kier molecular flexibility index (Phi) is 4.76. The molecule has 0 unspecified atom stereocenters. The third-order valence-corrected chi connectivity index (χ3v) is 5.65. The molecule has 1 heterocycles. The highest BCUT2D eigenvalue weighted by atomic mass is 32.2. The Morgan fingerprint density at radius 3 is 1.88 bits per heavy atom. The highest BCUT2D eigenvalue weighted by Crippen LogP contribution is 2.23. The Morgan fingerprint density at radius 2 is 1.50 bits per heavy atom. The Balaban J connectivity index is 2.88. The monoisotopic (exact) mass is 249 g/mol. The van der Waals surface area contributed by atoms with Crippen LogP contribution < -0.4 is 0 Å². The molecule has 1 rings (SSSR count). The summed E-state index contributed by atoms with van der Waals surface area (Å²) in [4.78, 5) is 0. The predicted octanol–water partition coefficient (Wildman–Crippen LogP) is 1.61. The summed E-state index contributed by atoms with van der Waals surface area (Å²) in [6, 6.07) is 0.0423. The van der Waals surface area contributed by atoms with Crippen molar-refractivity contribution in [2.75, 3.05) is 13.2 Å². The molecule has 0 aromatic heterocycles. The quantitative estimate of drug-likeness (QED) is 0.760. The highest BCUT2D eigenvalue weighted by molar-refractivity contribution is 7.89. The average Bonchev–Trinajstić information content (AvgIpc) is 2.17. The van der Waals surface area contributed by atoms with Crippen LogP contribution in [0.2, 0.25) is 0 Å². The summed E-state index contributed by atoms with van der Waals surface area (Å²) in [5.74, 6) is 0. The van der Waals surface area contributed by atoms with Crippen molar-refractivity contribution in [3.63, 3.8) is 0 Å². The van der Waals surface area contributed by atoms with Gasteiger partial charge in [0.15, 0.2) is 0 Å². The lowest BCUT2D eigenvalue weighted by Gasteiger charge is -2.34. The van der Waals surface area contributed by atoms with Crippen LogP contribution in [-0.4, -0.2) is 43.3 Å². The fourth-order valence-corrected chi connectivity index (χ4v) is 4.64. The van der Waals surface area contributed by atoms with Gasteiger partial charge in [-0.25, -0.2) is 8.42 Å². The van der Waals surface area contributed by atoms with Gasteiger partial charge < -0.3 is 4.74 Å². The van der Waals surface area contributed by atoms with Crippen LogP contribution in [0.3, 0.4) is 0 Å².